The summed E-state index contributed by atoms with van der Waals surface area (Å²) >= 11 is 5.96. The van der Waals surface area contributed by atoms with Gasteiger partial charge in [-0.05, 0) is 49.2 Å². The quantitative estimate of drug-likeness (QED) is 0.805. The Bertz CT molecular complexity index is 745. The number of rotatable bonds is 5. The molecular weight excluding hydrogens is 346 g/mol. The molecule has 138 valence electrons. The van der Waals surface area contributed by atoms with Crippen LogP contribution in [0, 0.1) is 0 Å². The average Bonchev–Trinajstić information content (AvgIpc) is 2.64. The fraction of sp³-hybridized carbons (Fsp3) is 0.429. The van der Waals surface area contributed by atoms with Crippen LogP contribution in [0.1, 0.15) is 35.7 Å². The van der Waals surface area contributed by atoms with Crippen molar-refractivity contribution in [3.05, 3.63) is 64.4 Å². The summed E-state index contributed by atoms with van der Waals surface area (Å²) in [4.78, 5) is 20.8. The van der Waals surface area contributed by atoms with E-state index in [4.69, 9.17) is 16.6 Å². The zero-order chi connectivity index (χ0) is 18.5. The minimum Gasteiger partial charge on any atom is -0.348 e. The smallest absolute Gasteiger partial charge is 0.236 e. The summed E-state index contributed by atoms with van der Waals surface area (Å²) in [5, 5.41) is 0.755. The highest BCUT2D eigenvalue weighted by Crippen LogP contribution is 2.26. The number of benzene rings is 1. The maximum Gasteiger partial charge on any atom is 0.236 e. The second-order valence-corrected chi connectivity index (χ2v) is 7.66. The predicted octanol–water partition coefficient (Wildman–Crippen LogP) is 3.59. The Morgan fingerprint density at radius 2 is 2.00 bits per heavy atom. The Morgan fingerprint density at radius 3 is 2.73 bits per heavy atom. The molecule has 0 saturated carbocycles. The van der Waals surface area contributed by atoms with Crippen LogP contribution in [-0.4, -0.2) is 54.4 Å². The van der Waals surface area contributed by atoms with E-state index in [1.807, 2.05) is 38.4 Å². The van der Waals surface area contributed by atoms with E-state index in [2.05, 4.69) is 23.1 Å². The van der Waals surface area contributed by atoms with Crippen LogP contribution >= 0.6 is 11.6 Å². The fourth-order valence-electron chi connectivity index (χ4n) is 3.41. The summed E-state index contributed by atoms with van der Waals surface area (Å²) in [6, 6.07) is 14.2. The molecule has 1 amide bonds. The van der Waals surface area contributed by atoms with E-state index in [1.54, 1.807) is 4.90 Å². The SMILES string of the molecule is CN(C)C(=O)CN1CCCC(c2cccc(Cc3ccc(Cl)cc3)n2)C1. The number of hydrogen-bond donors (Lipinski definition) is 0. The number of carbonyl (C=O) groups is 1. The maximum absolute atomic E-state index is 12.0. The lowest BCUT2D eigenvalue weighted by Crippen LogP contribution is -2.41. The molecule has 1 unspecified atom stereocenters. The molecule has 1 aliphatic heterocycles. The van der Waals surface area contributed by atoms with Crippen LogP contribution < -0.4 is 0 Å². The third-order valence-corrected chi connectivity index (χ3v) is 5.16. The van der Waals surface area contributed by atoms with Gasteiger partial charge in [-0.15, -0.1) is 0 Å². The largest absolute Gasteiger partial charge is 0.348 e. The molecule has 1 saturated heterocycles. The first kappa shape index (κ1) is 18.9. The highest BCUT2D eigenvalue weighted by molar-refractivity contribution is 6.30. The minimum absolute atomic E-state index is 0.162. The first-order valence-corrected chi connectivity index (χ1v) is 9.52. The molecule has 0 spiro atoms. The number of pyridine rings is 1. The van der Waals surface area contributed by atoms with Crippen LogP contribution in [0.25, 0.3) is 0 Å². The molecule has 0 N–H and O–H groups in total. The molecule has 0 radical (unpaired) electrons. The van der Waals surface area contributed by atoms with Crippen molar-refractivity contribution in [3.63, 3.8) is 0 Å². The second kappa shape index (κ2) is 8.65. The molecule has 1 aromatic carbocycles. The maximum atomic E-state index is 12.0. The fourth-order valence-corrected chi connectivity index (χ4v) is 3.53. The summed E-state index contributed by atoms with van der Waals surface area (Å²) in [7, 11) is 3.62. The van der Waals surface area contributed by atoms with Crippen LogP contribution in [0.5, 0.6) is 0 Å². The van der Waals surface area contributed by atoms with Crippen LogP contribution in [-0.2, 0) is 11.2 Å². The van der Waals surface area contributed by atoms with Crippen molar-refractivity contribution in [2.75, 3.05) is 33.7 Å². The zero-order valence-electron chi connectivity index (χ0n) is 15.5. The molecule has 0 bridgehead atoms. The van der Waals surface area contributed by atoms with Crippen molar-refractivity contribution in [1.82, 2.24) is 14.8 Å². The van der Waals surface area contributed by atoms with Gasteiger partial charge in [-0.25, -0.2) is 0 Å². The van der Waals surface area contributed by atoms with E-state index in [-0.39, 0.29) is 5.91 Å². The Kier molecular flexibility index (Phi) is 6.28. The molecule has 2 heterocycles. The van der Waals surface area contributed by atoms with E-state index < -0.39 is 0 Å². The number of hydrogen-bond acceptors (Lipinski definition) is 3. The predicted molar refractivity (Wildman–Crippen MR) is 106 cm³/mol. The Morgan fingerprint density at radius 1 is 1.23 bits per heavy atom. The van der Waals surface area contributed by atoms with Gasteiger partial charge in [0, 0.05) is 49.4 Å². The normalized spacial score (nSPS) is 17.9. The first-order valence-electron chi connectivity index (χ1n) is 9.14. The van der Waals surface area contributed by atoms with Crippen molar-refractivity contribution < 1.29 is 4.79 Å². The Balaban J connectivity index is 1.67. The van der Waals surface area contributed by atoms with Gasteiger partial charge < -0.3 is 4.90 Å². The van der Waals surface area contributed by atoms with Crippen molar-refractivity contribution in [1.29, 1.82) is 0 Å². The van der Waals surface area contributed by atoms with Crippen LogP contribution in [0.3, 0.4) is 0 Å². The van der Waals surface area contributed by atoms with E-state index in [0.29, 0.717) is 12.5 Å². The summed E-state index contributed by atoms with van der Waals surface area (Å²) < 4.78 is 0. The van der Waals surface area contributed by atoms with Gasteiger partial charge in [-0.3, -0.25) is 14.7 Å². The number of carbonyl (C=O) groups excluding carboxylic acids is 1. The van der Waals surface area contributed by atoms with Crippen molar-refractivity contribution in [2.24, 2.45) is 0 Å². The highest BCUT2D eigenvalue weighted by Gasteiger charge is 2.24. The van der Waals surface area contributed by atoms with E-state index in [0.717, 1.165) is 48.8 Å². The third-order valence-electron chi connectivity index (χ3n) is 4.91. The lowest BCUT2D eigenvalue weighted by molar-refractivity contribution is -0.130. The lowest BCUT2D eigenvalue weighted by Gasteiger charge is -2.32. The van der Waals surface area contributed by atoms with Crippen molar-refractivity contribution in [2.45, 2.75) is 25.2 Å². The van der Waals surface area contributed by atoms with E-state index in [9.17, 15) is 4.79 Å². The molecule has 3 rings (SSSR count). The van der Waals surface area contributed by atoms with Gasteiger partial charge in [0.05, 0.1) is 6.54 Å². The summed E-state index contributed by atoms with van der Waals surface area (Å²) in [6.45, 7) is 2.38. The number of aromatic nitrogens is 1. The molecular formula is C21H26ClN3O. The van der Waals surface area contributed by atoms with Crippen molar-refractivity contribution >= 4 is 17.5 Å². The molecule has 1 aliphatic rings. The van der Waals surface area contributed by atoms with Gasteiger partial charge in [0.2, 0.25) is 5.91 Å². The molecule has 4 nitrogen and oxygen atoms in total. The van der Waals surface area contributed by atoms with E-state index >= 15 is 0 Å². The number of likely N-dealkylation sites (tertiary alicyclic amines) is 1. The summed E-state index contributed by atoms with van der Waals surface area (Å²) in [5.74, 6) is 0.555. The summed E-state index contributed by atoms with van der Waals surface area (Å²) in [6.07, 6.45) is 3.04. The topological polar surface area (TPSA) is 36.4 Å². The molecule has 1 aromatic heterocycles. The zero-order valence-corrected chi connectivity index (χ0v) is 16.2. The number of piperidine rings is 1. The minimum atomic E-state index is 0.162. The van der Waals surface area contributed by atoms with Crippen LogP contribution in [0.15, 0.2) is 42.5 Å². The third kappa shape index (κ3) is 5.05. The monoisotopic (exact) mass is 371 g/mol. The van der Waals surface area contributed by atoms with Crippen molar-refractivity contribution in [3.8, 4) is 0 Å². The highest BCUT2D eigenvalue weighted by atomic mass is 35.5. The average molecular weight is 372 g/mol. The second-order valence-electron chi connectivity index (χ2n) is 7.22. The molecule has 1 fully saturated rings. The standard InChI is InChI=1S/C21H26ClN3O/c1-24(2)21(26)15-25-12-4-5-17(14-25)20-7-3-6-19(23-20)13-16-8-10-18(22)11-9-16/h3,6-11,17H,4-5,12-15H2,1-2H3. The van der Waals surface area contributed by atoms with Gasteiger partial charge in [0.1, 0.15) is 0 Å². The van der Waals surface area contributed by atoms with Gasteiger partial charge in [0.25, 0.3) is 0 Å². The van der Waals surface area contributed by atoms with Gasteiger partial charge in [-0.1, -0.05) is 29.8 Å². The number of halogens is 1. The lowest BCUT2D eigenvalue weighted by atomic mass is 9.94. The number of nitrogens with zero attached hydrogens (tertiary/aromatic N) is 3. The number of likely N-dealkylation sites (N-methyl/N-ethyl adjacent to an activating group) is 1. The van der Waals surface area contributed by atoms with Crippen LogP contribution in [0.4, 0.5) is 0 Å². The first-order chi connectivity index (χ1) is 12.5. The Hall–Kier alpha value is -1.91. The molecule has 2 aromatic rings. The van der Waals surface area contributed by atoms with Gasteiger partial charge in [0.15, 0.2) is 0 Å². The molecule has 0 aliphatic carbocycles. The summed E-state index contributed by atoms with van der Waals surface area (Å²) in [5.41, 5.74) is 3.42. The van der Waals surface area contributed by atoms with E-state index in [1.165, 1.54) is 5.56 Å². The molecule has 26 heavy (non-hydrogen) atoms. The Labute approximate surface area is 160 Å². The van der Waals surface area contributed by atoms with Gasteiger partial charge in [-0.2, -0.15) is 0 Å². The van der Waals surface area contributed by atoms with Gasteiger partial charge >= 0.3 is 0 Å². The molecule has 1 atom stereocenters. The van der Waals surface area contributed by atoms with Crippen LogP contribution in [0.2, 0.25) is 5.02 Å². The number of amides is 1. The molecule has 5 heteroatoms.